The lowest BCUT2D eigenvalue weighted by Gasteiger charge is -2.35. The van der Waals surface area contributed by atoms with E-state index in [1.54, 1.807) is 0 Å². The van der Waals surface area contributed by atoms with Crippen molar-refractivity contribution in [2.45, 2.75) is 174 Å². The lowest BCUT2D eigenvalue weighted by molar-refractivity contribution is -0.0344. The van der Waals surface area contributed by atoms with Gasteiger partial charge in [0.1, 0.15) is 11.5 Å². The third-order valence-electron chi connectivity index (χ3n) is 15.6. The average molecular weight is 821 g/mol. The first kappa shape index (κ1) is 45.6. The van der Waals surface area contributed by atoms with Crippen molar-refractivity contribution in [3.05, 3.63) is 118 Å². The zero-order valence-electron chi connectivity index (χ0n) is 39.8. The number of unbranched alkanes of at least 4 members (excludes halogenated alkanes) is 2. The van der Waals surface area contributed by atoms with Crippen molar-refractivity contribution >= 4 is 14.6 Å². The largest absolute Gasteiger partial charge is 0.493 e. The predicted octanol–water partition coefficient (Wildman–Crippen LogP) is 14.7. The molecule has 2 saturated heterocycles. The number of hydrogen-bond acceptors (Lipinski definition) is 4. The number of rotatable bonds is 18. The van der Waals surface area contributed by atoms with Crippen LogP contribution in [0.25, 0.3) is 11.1 Å². The molecule has 1 aliphatic carbocycles. The fraction of sp³-hybridized carbons (Fsp3) is 0.564. The van der Waals surface area contributed by atoms with Gasteiger partial charge in [-0.3, -0.25) is 0 Å². The highest BCUT2D eigenvalue weighted by molar-refractivity contribution is 6.43. The van der Waals surface area contributed by atoms with Crippen molar-refractivity contribution in [2.75, 3.05) is 13.2 Å². The van der Waals surface area contributed by atoms with Crippen LogP contribution in [0.2, 0.25) is 10.6 Å². The Hall–Kier alpha value is -3.47. The SMILES string of the molecule is CCCCC(CC)COc1ccc(C2(c3ccc(OCC(CC)CCCC)cc3)c3cc(C4[B]C(C)(C)C(C)(C)O4)ccc3-c3ccc(C4[B]C(C)(C)C(C)(C)O4)cc32)cc1. The van der Waals surface area contributed by atoms with Crippen molar-refractivity contribution in [3.63, 3.8) is 0 Å². The van der Waals surface area contributed by atoms with E-state index in [9.17, 15) is 0 Å². The summed E-state index contributed by atoms with van der Waals surface area (Å²) in [5.74, 6) is 2.96. The zero-order chi connectivity index (χ0) is 43.8. The van der Waals surface area contributed by atoms with E-state index in [1.165, 1.54) is 83.0 Å². The maximum Gasteiger partial charge on any atom is 0.166 e. The van der Waals surface area contributed by atoms with Crippen LogP contribution in [0.3, 0.4) is 0 Å². The lowest BCUT2D eigenvalue weighted by atomic mass is 9.47. The van der Waals surface area contributed by atoms with Crippen LogP contribution in [-0.4, -0.2) is 39.0 Å². The van der Waals surface area contributed by atoms with Crippen LogP contribution >= 0.6 is 0 Å². The van der Waals surface area contributed by atoms with Gasteiger partial charge in [-0.05, 0) is 132 Å². The molecule has 2 aliphatic heterocycles. The van der Waals surface area contributed by atoms with Gasteiger partial charge in [-0.1, -0.05) is 155 Å². The van der Waals surface area contributed by atoms with E-state index >= 15 is 0 Å². The van der Waals surface area contributed by atoms with E-state index < -0.39 is 5.41 Å². The summed E-state index contributed by atoms with van der Waals surface area (Å²) in [4.78, 5) is 0. The van der Waals surface area contributed by atoms with Gasteiger partial charge in [-0.25, -0.2) is 0 Å². The number of hydrogen-bond donors (Lipinski definition) is 0. The molecule has 0 aromatic heterocycles. The highest BCUT2D eigenvalue weighted by atomic mass is 16.5. The molecule has 4 atom stereocenters. The van der Waals surface area contributed by atoms with Crippen LogP contribution in [0.4, 0.5) is 0 Å². The molecule has 0 spiro atoms. The molecule has 3 aliphatic rings. The molecule has 0 amide bonds. The van der Waals surface area contributed by atoms with E-state index in [0.717, 1.165) is 37.6 Å². The van der Waals surface area contributed by atoms with Gasteiger partial charge in [0, 0.05) is 0 Å². The first-order chi connectivity index (χ1) is 29.0. The molecule has 7 rings (SSSR count). The second kappa shape index (κ2) is 18.0. The van der Waals surface area contributed by atoms with Crippen LogP contribution in [0.15, 0.2) is 84.9 Å². The van der Waals surface area contributed by atoms with Crippen molar-refractivity contribution in [1.82, 2.24) is 0 Å². The molecule has 0 bridgehead atoms. The van der Waals surface area contributed by atoms with E-state index in [4.69, 9.17) is 18.9 Å². The van der Waals surface area contributed by atoms with E-state index in [0.29, 0.717) is 11.8 Å². The third-order valence-corrected chi connectivity index (χ3v) is 15.6. The van der Waals surface area contributed by atoms with Gasteiger partial charge in [-0.2, -0.15) is 0 Å². The molecule has 0 N–H and O–H groups in total. The van der Waals surface area contributed by atoms with Gasteiger partial charge in [0.05, 0.1) is 41.8 Å². The fourth-order valence-corrected chi connectivity index (χ4v) is 9.82. The Balaban J connectivity index is 1.38. The minimum absolute atomic E-state index is 0.0860. The average Bonchev–Trinajstić information content (AvgIpc) is 3.75. The van der Waals surface area contributed by atoms with E-state index in [-0.39, 0.29) is 33.8 Å². The van der Waals surface area contributed by atoms with Gasteiger partial charge >= 0.3 is 0 Å². The second-order valence-corrected chi connectivity index (χ2v) is 20.7. The Morgan fingerprint density at radius 2 is 0.902 bits per heavy atom. The molecular formula is C55H74B2O4. The van der Waals surface area contributed by atoms with Gasteiger partial charge in [0.15, 0.2) is 14.6 Å². The Morgan fingerprint density at radius 1 is 0.525 bits per heavy atom. The van der Waals surface area contributed by atoms with Gasteiger partial charge < -0.3 is 18.9 Å². The lowest BCUT2D eigenvalue weighted by Crippen LogP contribution is -2.31. The standard InChI is InChI=1S/C55H74B2O4/c1-13-17-19-37(15-3)35-58-43-27-23-41(24-28-43)55(42-25-29-44(30-26-42)59-36-38(16-4)20-18-14-2)47-33-39(49-56-51(5,6)53(9,10)60-49)21-31-45(47)46-32-22-40(34-48(46)55)50-57-52(7,8)54(11,12)61-50/h21-34,37-38,49-50H,13-20,35-36H2,1-12H3. The first-order valence-corrected chi connectivity index (χ1v) is 23.8. The number of benzene rings is 4. The smallest absolute Gasteiger partial charge is 0.166 e. The van der Waals surface area contributed by atoms with Crippen LogP contribution in [0.1, 0.15) is 180 Å². The monoisotopic (exact) mass is 821 g/mol. The molecule has 0 saturated carbocycles. The summed E-state index contributed by atoms with van der Waals surface area (Å²) in [5.41, 5.74) is 8.60. The maximum atomic E-state index is 6.87. The molecule has 4 aromatic rings. The van der Waals surface area contributed by atoms with Crippen LogP contribution < -0.4 is 9.47 Å². The predicted molar refractivity (Wildman–Crippen MR) is 257 cm³/mol. The number of ether oxygens (including phenoxy) is 4. The molecule has 2 heterocycles. The van der Waals surface area contributed by atoms with Gasteiger partial charge in [-0.15, -0.1) is 0 Å². The highest BCUT2D eigenvalue weighted by Gasteiger charge is 2.52. The Morgan fingerprint density at radius 3 is 1.21 bits per heavy atom. The van der Waals surface area contributed by atoms with Crippen molar-refractivity contribution in [1.29, 1.82) is 0 Å². The van der Waals surface area contributed by atoms with Crippen molar-refractivity contribution < 1.29 is 18.9 Å². The summed E-state index contributed by atoms with van der Waals surface area (Å²) in [6, 6.07) is 32.0. The quantitative estimate of drug-likeness (QED) is 0.0825. The minimum Gasteiger partial charge on any atom is -0.493 e. The Bertz CT molecular complexity index is 1920. The molecular weight excluding hydrogens is 746 g/mol. The first-order valence-electron chi connectivity index (χ1n) is 23.8. The number of fused-ring (bicyclic) bond motifs is 3. The molecule has 6 heteroatoms. The highest BCUT2D eigenvalue weighted by Crippen LogP contribution is 2.59. The van der Waals surface area contributed by atoms with Crippen LogP contribution in [0, 0.1) is 11.8 Å². The summed E-state index contributed by atoms with van der Waals surface area (Å²) in [6.07, 6.45) is 9.58. The van der Waals surface area contributed by atoms with Crippen molar-refractivity contribution in [3.8, 4) is 22.6 Å². The molecule has 4 unspecified atom stereocenters. The van der Waals surface area contributed by atoms with E-state index in [1.807, 2.05) is 0 Å². The van der Waals surface area contributed by atoms with Crippen LogP contribution in [-0.2, 0) is 14.9 Å². The van der Waals surface area contributed by atoms with Crippen LogP contribution in [0.5, 0.6) is 11.5 Å². The zero-order valence-corrected chi connectivity index (χ0v) is 39.8. The van der Waals surface area contributed by atoms with Crippen molar-refractivity contribution in [2.24, 2.45) is 11.8 Å². The molecule has 324 valence electrons. The summed E-state index contributed by atoms with van der Waals surface area (Å²) in [6.45, 7) is 28.6. The molecule has 4 aromatic carbocycles. The Labute approximate surface area is 371 Å². The second-order valence-electron chi connectivity index (χ2n) is 20.7. The topological polar surface area (TPSA) is 36.9 Å². The van der Waals surface area contributed by atoms with Gasteiger partial charge in [0.25, 0.3) is 0 Å². The summed E-state index contributed by atoms with van der Waals surface area (Å²) in [7, 11) is 4.81. The minimum atomic E-state index is -0.638. The summed E-state index contributed by atoms with van der Waals surface area (Å²) >= 11 is 0. The molecule has 2 fully saturated rings. The normalized spacial score (nSPS) is 23.7. The molecule has 61 heavy (non-hydrogen) atoms. The third kappa shape index (κ3) is 8.76. The van der Waals surface area contributed by atoms with Gasteiger partial charge in [0.2, 0.25) is 0 Å². The molecule has 2 radical (unpaired) electrons. The maximum absolute atomic E-state index is 6.87. The fourth-order valence-electron chi connectivity index (χ4n) is 9.82. The van der Waals surface area contributed by atoms with E-state index in [2.05, 4.69) is 183 Å². The summed E-state index contributed by atoms with van der Waals surface area (Å²) in [5, 5.41) is -0.172. The Kier molecular flexibility index (Phi) is 13.4. The molecule has 4 nitrogen and oxygen atoms in total. The summed E-state index contributed by atoms with van der Waals surface area (Å²) < 4.78 is 26.8.